The first-order valence-corrected chi connectivity index (χ1v) is 7.04. The van der Waals surface area contributed by atoms with Crippen molar-refractivity contribution in [2.24, 2.45) is 0 Å². The number of aromatic nitrogens is 3. The van der Waals surface area contributed by atoms with Crippen LogP contribution in [0.15, 0.2) is 30.5 Å². The minimum Gasteiger partial charge on any atom is -0.368 e. The third-order valence-electron chi connectivity index (χ3n) is 3.00. The summed E-state index contributed by atoms with van der Waals surface area (Å²) in [6.07, 6.45) is 4.18. The van der Waals surface area contributed by atoms with Crippen LogP contribution in [0.25, 0.3) is 11.4 Å². The molecule has 0 atom stereocenters. The van der Waals surface area contributed by atoms with E-state index >= 15 is 0 Å². The molecule has 0 aliphatic heterocycles. The van der Waals surface area contributed by atoms with E-state index in [9.17, 15) is 0 Å². The largest absolute Gasteiger partial charge is 0.368 e. The molecule has 0 saturated heterocycles. The predicted molar refractivity (Wildman–Crippen MR) is 80.7 cm³/mol. The molecule has 3 rings (SSSR count). The molecule has 1 aliphatic carbocycles. The van der Waals surface area contributed by atoms with Crippen molar-refractivity contribution in [2.75, 3.05) is 10.6 Å². The Morgan fingerprint density at radius 3 is 2.65 bits per heavy atom. The van der Waals surface area contributed by atoms with Crippen LogP contribution >= 0.6 is 0 Å². The van der Waals surface area contributed by atoms with Crippen LogP contribution in [0, 0.1) is 0 Å². The van der Waals surface area contributed by atoms with Gasteiger partial charge in [0.1, 0.15) is 5.82 Å². The fourth-order valence-corrected chi connectivity index (χ4v) is 1.94. The zero-order chi connectivity index (χ0) is 13.9. The molecular weight excluding hydrogens is 250 g/mol. The Balaban J connectivity index is 1.94. The van der Waals surface area contributed by atoms with Gasteiger partial charge in [-0.3, -0.25) is 4.98 Å². The van der Waals surface area contributed by atoms with E-state index in [-0.39, 0.29) is 0 Å². The standard InChI is InChI=1S/C15H19N5/c1-10(2)17-14-9-13(12-5-3-4-8-16-12)19-15(20-14)18-11-6-7-11/h3-5,8-11H,6-7H2,1-2H3,(H2,17,18,19,20). The van der Waals surface area contributed by atoms with Crippen molar-refractivity contribution in [1.82, 2.24) is 15.0 Å². The predicted octanol–water partition coefficient (Wildman–Crippen LogP) is 2.93. The van der Waals surface area contributed by atoms with Gasteiger partial charge in [-0.15, -0.1) is 0 Å². The number of hydrogen-bond acceptors (Lipinski definition) is 5. The third-order valence-corrected chi connectivity index (χ3v) is 3.00. The van der Waals surface area contributed by atoms with Gasteiger partial charge < -0.3 is 10.6 Å². The summed E-state index contributed by atoms with van der Waals surface area (Å²) in [4.78, 5) is 13.4. The topological polar surface area (TPSA) is 62.7 Å². The number of anilines is 2. The number of nitrogens with one attached hydrogen (secondary N) is 2. The first-order chi connectivity index (χ1) is 9.70. The third kappa shape index (κ3) is 3.23. The van der Waals surface area contributed by atoms with Crippen LogP contribution in [0.5, 0.6) is 0 Å². The van der Waals surface area contributed by atoms with Crippen LogP contribution in [0.2, 0.25) is 0 Å². The SMILES string of the molecule is CC(C)Nc1cc(-c2ccccn2)nc(NC2CC2)n1. The average molecular weight is 269 g/mol. The van der Waals surface area contributed by atoms with E-state index in [1.54, 1.807) is 6.20 Å². The lowest BCUT2D eigenvalue weighted by atomic mass is 10.2. The van der Waals surface area contributed by atoms with E-state index < -0.39 is 0 Å². The van der Waals surface area contributed by atoms with Crippen LogP contribution in [0.3, 0.4) is 0 Å². The first kappa shape index (κ1) is 12.8. The van der Waals surface area contributed by atoms with Gasteiger partial charge in [0.15, 0.2) is 0 Å². The minimum atomic E-state index is 0.329. The fourth-order valence-electron chi connectivity index (χ4n) is 1.94. The molecule has 2 aromatic rings. The molecule has 20 heavy (non-hydrogen) atoms. The van der Waals surface area contributed by atoms with Gasteiger partial charge in [-0.05, 0) is 38.8 Å². The molecular formula is C15H19N5. The summed E-state index contributed by atoms with van der Waals surface area (Å²) < 4.78 is 0. The zero-order valence-electron chi connectivity index (χ0n) is 11.8. The van der Waals surface area contributed by atoms with Crippen LogP contribution in [0.1, 0.15) is 26.7 Å². The van der Waals surface area contributed by atoms with Crippen LogP contribution in [0.4, 0.5) is 11.8 Å². The summed E-state index contributed by atoms with van der Waals surface area (Å²) in [5, 5.41) is 6.68. The maximum Gasteiger partial charge on any atom is 0.225 e. The van der Waals surface area contributed by atoms with Gasteiger partial charge in [0.05, 0.1) is 11.4 Å². The molecule has 2 aromatic heterocycles. The maximum absolute atomic E-state index is 4.57. The van der Waals surface area contributed by atoms with E-state index in [0.29, 0.717) is 18.0 Å². The summed E-state index contributed by atoms with van der Waals surface area (Å²) in [5.74, 6) is 1.51. The Morgan fingerprint density at radius 1 is 1.15 bits per heavy atom. The summed E-state index contributed by atoms with van der Waals surface area (Å²) in [6, 6.07) is 8.63. The molecule has 0 aromatic carbocycles. The van der Waals surface area contributed by atoms with E-state index in [4.69, 9.17) is 0 Å². The number of hydrogen-bond donors (Lipinski definition) is 2. The second-order valence-electron chi connectivity index (χ2n) is 5.39. The second kappa shape index (κ2) is 5.45. The van der Waals surface area contributed by atoms with Crippen molar-refractivity contribution >= 4 is 11.8 Å². The Hall–Kier alpha value is -2.17. The Bertz CT molecular complexity index is 556. The summed E-state index contributed by atoms with van der Waals surface area (Å²) >= 11 is 0. The molecule has 5 nitrogen and oxygen atoms in total. The summed E-state index contributed by atoms with van der Waals surface area (Å²) in [6.45, 7) is 4.19. The van der Waals surface area contributed by atoms with Gasteiger partial charge in [0.25, 0.3) is 0 Å². The van der Waals surface area contributed by atoms with Crippen molar-refractivity contribution in [2.45, 2.75) is 38.8 Å². The van der Waals surface area contributed by atoms with Crippen LogP contribution < -0.4 is 10.6 Å². The van der Waals surface area contributed by atoms with Crippen molar-refractivity contribution in [3.8, 4) is 11.4 Å². The molecule has 2 N–H and O–H groups in total. The molecule has 0 unspecified atom stereocenters. The molecule has 1 aliphatic rings. The van der Waals surface area contributed by atoms with E-state index in [1.165, 1.54) is 12.8 Å². The lowest BCUT2D eigenvalue weighted by molar-refractivity contribution is 0.885. The molecule has 0 spiro atoms. The lowest BCUT2D eigenvalue weighted by Gasteiger charge is -2.12. The number of nitrogens with zero attached hydrogens (tertiary/aromatic N) is 3. The number of rotatable bonds is 5. The van der Waals surface area contributed by atoms with E-state index in [1.807, 2.05) is 24.3 Å². The van der Waals surface area contributed by atoms with Crippen LogP contribution in [-0.4, -0.2) is 27.0 Å². The normalized spacial score (nSPS) is 14.3. The molecule has 5 heteroatoms. The van der Waals surface area contributed by atoms with Crippen LogP contribution in [-0.2, 0) is 0 Å². The van der Waals surface area contributed by atoms with Crippen molar-refractivity contribution in [3.05, 3.63) is 30.5 Å². The van der Waals surface area contributed by atoms with Gasteiger partial charge in [-0.1, -0.05) is 6.07 Å². The van der Waals surface area contributed by atoms with Crippen molar-refractivity contribution < 1.29 is 0 Å². The summed E-state index contributed by atoms with van der Waals surface area (Å²) in [5.41, 5.74) is 1.70. The molecule has 0 amide bonds. The smallest absolute Gasteiger partial charge is 0.225 e. The van der Waals surface area contributed by atoms with Gasteiger partial charge >= 0.3 is 0 Å². The minimum absolute atomic E-state index is 0.329. The molecule has 0 radical (unpaired) electrons. The highest BCUT2D eigenvalue weighted by Crippen LogP contribution is 2.25. The summed E-state index contributed by atoms with van der Waals surface area (Å²) in [7, 11) is 0. The molecule has 2 heterocycles. The molecule has 104 valence electrons. The fraction of sp³-hybridized carbons (Fsp3) is 0.400. The molecule has 1 saturated carbocycles. The van der Waals surface area contributed by atoms with Gasteiger partial charge in [0.2, 0.25) is 5.95 Å². The highest BCUT2D eigenvalue weighted by atomic mass is 15.2. The zero-order valence-corrected chi connectivity index (χ0v) is 11.8. The first-order valence-electron chi connectivity index (χ1n) is 7.04. The Kier molecular flexibility index (Phi) is 3.50. The van der Waals surface area contributed by atoms with E-state index in [0.717, 1.165) is 17.2 Å². The van der Waals surface area contributed by atoms with Gasteiger partial charge in [0, 0.05) is 24.3 Å². The molecule has 0 bridgehead atoms. The Labute approximate surface area is 118 Å². The van der Waals surface area contributed by atoms with Gasteiger partial charge in [-0.25, -0.2) is 4.98 Å². The van der Waals surface area contributed by atoms with E-state index in [2.05, 4.69) is 39.4 Å². The second-order valence-corrected chi connectivity index (χ2v) is 5.39. The quantitative estimate of drug-likeness (QED) is 0.873. The monoisotopic (exact) mass is 269 g/mol. The maximum atomic E-state index is 4.57. The van der Waals surface area contributed by atoms with Crippen molar-refractivity contribution in [1.29, 1.82) is 0 Å². The highest BCUT2D eigenvalue weighted by molar-refractivity contribution is 5.61. The highest BCUT2D eigenvalue weighted by Gasteiger charge is 2.22. The lowest BCUT2D eigenvalue weighted by Crippen LogP contribution is -2.13. The molecule has 1 fully saturated rings. The van der Waals surface area contributed by atoms with Crippen molar-refractivity contribution in [3.63, 3.8) is 0 Å². The number of pyridine rings is 1. The van der Waals surface area contributed by atoms with Gasteiger partial charge in [-0.2, -0.15) is 4.98 Å². The Morgan fingerprint density at radius 2 is 2.00 bits per heavy atom. The average Bonchev–Trinajstić information content (AvgIpc) is 3.22.